The van der Waals surface area contributed by atoms with Gasteiger partial charge in [0.15, 0.2) is 0 Å². The molecule has 0 bridgehead atoms. The number of carbonyl (C=O) groups is 2. The zero-order valence-electron chi connectivity index (χ0n) is 18.3. The van der Waals surface area contributed by atoms with Crippen LogP contribution in [0.25, 0.3) is 0 Å². The second-order valence-corrected chi connectivity index (χ2v) is 7.27. The molecule has 2 aromatic carbocycles. The van der Waals surface area contributed by atoms with Crippen molar-refractivity contribution in [1.29, 1.82) is 0 Å². The van der Waals surface area contributed by atoms with Crippen LogP contribution in [0.5, 0.6) is 5.75 Å². The van der Waals surface area contributed by atoms with Crippen LogP contribution in [0, 0.1) is 0 Å². The highest BCUT2D eigenvalue weighted by atomic mass is 19.4. The van der Waals surface area contributed by atoms with Crippen LogP contribution < -0.4 is 15.4 Å². The Morgan fingerprint density at radius 2 is 1.79 bits per heavy atom. The summed E-state index contributed by atoms with van der Waals surface area (Å²) in [7, 11) is 2.89. The lowest BCUT2D eigenvalue weighted by Gasteiger charge is -2.36. The van der Waals surface area contributed by atoms with E-state index in [9.17, 15) is 22.8 Å². The minimum Gasteiger partial charge on any atom is -0.495 e. The first-order chi connectivity index (χ1) is 15.7. The topological polar surface area (TPSA) is 79.9 Å². The van der Waals surface area contributed by atoms with Gasteiger partial charge in [-0.2, -0.15) is 13.2 Å². The van der Waals surface area contributed by atoms with E-state index in [2.05, 4.69) is 10.6 Å². The van der Waals surface area contributed by atoms with Crippen LogP contribution in [0.3, 0.4) is 0 Å². The van der Waals surface area contributed by atoms with Crippen LogP contribution in [0.1, 0.15) is 24.1 Å². The summed E-state index contributed by atoms with van der Waals surface area (Å²) in [5.74, 6) is -0.283. The number of methoxy groups -OCH3 is 2. The highest BCUT2D eigenvalue weighted by molar-refractivity contribution is 6.07. The van der Waals surface area contributed by atoms with Crippen LogP contribution in [-0.4, -0.2) is 44.2 Å². The summed E-state index contributed by atoms with van der Waals surface area (Å²) in [5.41, 5.74) is -0.614. The number of ether oxygens (including phenoxy) is 2. The Balaban J connectivity index is 2.12. The predicted octanol–water partition coefficient (Wildman–Crippen LogP) is 4.34. The number of rotatable bonds is 7. The van der Waals surface area contributed by atoms with Gasteiger partial charge in [-0.25, -0.2) is 4.79 Å². The maximum Gasteiger partial charge on any atom is 0.416 e. The molecule has 0 saturated heterocycles. The van der Waals surface area contributed by atoms with E-state index in [1.54, 1.807) is 24.3 Å². The summed E-state index contributed by atoms with van der Waals surface area (Å²) in [5, 5.41) is 5.26. The molecule has 1 aliphatic rings. The summed E-state index contributed by atoms with van der Waals surface area (Å²) >= 11 is 0. The van der Waals surface area contributed by atoms with Crippen molar-refractivity contribution in [1.82, 2.24) is 10.2 Å². The van der Waals surface area contributed by atoms with Gasteiger partial charge in [0, 0.05) is 12.8 Å². The Labute approximate surface area is 189 Å². The molecule has 1 aliphatic heterocycles. The summed E-state index contributed by atoms with van der Waals surface area (Å²) < 4.78 is 51.5. The number of allylic oxidation sites excluding steroid dienone is 1. The van der Waals surface area contributed by atoms with Gasteiger partial charge in [0.05, 0.1) is 43.1 Å². The number of hydrogen-bond acceptors (Lipinski definition) is 4. The number of para-hydroxylation sites is 2. The van der Waals surface area contributed by atoms with E-state index in [1.807, 2.05) is 0 Å². The summed E-state index contributed by atoms with van der Waals surface area (Å²) in [6.45, 7) is 1.82. The summed E-state index contributed by atoms with van der Waals surface area (Å²) in [4.78, 5) is 27.4. The van der Waals surface area contributed by atoms with Gasteiger partial charge in [0.25, 0.3) is 5.91 Å². The van der Waals surface area contributed by atoms with Gasteiger partial charge in [0.2, 0.25) is 0 Å². The maximum absolute atomic E-state index is 13.7. The van der Waals surface area contributed by atoms with Crippen molar-refractivity contribution in [2.45, 2.75) is 19.1 Å². The van der Waals surface area contributed by atoms with Crippen molar-refractivity contribution >= 4 is 17.6 Å². The first-order valence-electron chi connectivity index (χ1n) is 10.1. The van der Waals surface area contributed by atoms with Gasteiger partial charge in [-0.1, -0.05) is 30.3 Å². The average molecular weight is 463 g/mol. The SMILES string of the molecule is COCCN1C(=O)NC(c2ccccc2C(F)(F)F)C(C(=O)Nc2ccccc2OC)=C1C. The molecule has 0 fully saturated rings. The lowest BCUT2D eigenvalue weighted by Crippen LogP contribution is -2.49. The van der Waals surface area contributed by atoms with Crippen LogP contribution >= 0.6 is 0 Å². The second-order valence-electron chi connectivity index (χ2n) is 7.27. The van der Waals surface area contributed by atoms with Crippen molar-refractivity contribution in [3.8, 4) is 5.75 Å². The van der Waals surface area contributed by atoms with E-state index in [4.69, 9.17) is 9.47 Å². The van der Waals surface area contributed by atoms with Gasteiger partial charge in [0.1, 0.15) is 5.75 Å². The molecule has 0 radical (unpaired) electrons. The predicted molar refractivity (Wildman–Crippen MR) is 116 cm³/mol. The smallest absolute Gasteiger partial charge is 0.416 e. The lowest BCUT2D eigenvalue weighted by atomic mass is 9.90. The molecular formula is C23H24F3N3O4. The van der Waals surface area contributed by atoms with Crippen LogP contribution in [0.2, 0.25) is 0 Å². The largest absolute Gasteiger partial charge is 0.495 e. The maximum atomic E-state index is 13.7. The van der Waals surface area contributed by atoms with Crippen molar-refractivity contribution in [2.75, 3.05) is 32.7 Å². The van der Waals surface area contributed by atoms with Gasteiger partial charge in [-0.3, -0.25) is 9.69 Å². The van der Waals surface area contributed by atoms with E-state index >= 15 is 0 Å². The molecule has 1 unspecified atom stereocenters. The molecule has 176 valence electrons. The Kier molecular flexibility index (Phi) is 7.27. The van der Waals surface area contributed by atoms with E-state index in [1.165, 1.54) is 44.2 Å². The molecule has 3 amide bonds. The van der Waals surface area contributed by atoms with Gasteiger partial charge in [-0.15, -0.1) is 0 Å². The van der Waals surface area contributed by atoms with Crippen LogP contribution in [-0.2, 0) is 15.7 Å². The number of hydrogen-bond donors (Lipinski definition) is 2. The van der Waals surface area contributed by atoms with E-state index in [0.29, 0.717) is 11.4 Å². The van der Waals surface area contributed by atoms with Crippen molar-refractivity contribution in [3.63, 3.8) is 0 Å². The van der Waals surface area contributed by atoms with Crippen molar-refractivity contribution in [2.24, 2.45) is 0 Å². The third-order valence-electron chi connectivity index (χ3n) is 5.29. The third-order valence-corrected chi connectivity index (χ3v) is 5.29. The van der Waals surface area contributed by atoms with Crippen molar-refractivity contribution in [3.05, 3.63) is 70.9 Å². The molecule has 0 aromatic heterocycles. The first-order valence-corrected chi connectivity index (χ1v) is 10.1. The highest BCUT2D eigenvalue weighted by Gasteiger charge is 2.41. The van der Waals surface area contributed by atoms with Gasteiger partial charge < -0.3 is 20.1 Å². The Morgan fingerprint density at radius 3 is 2.45 bits per heavy atom. The van der Waals surface area contributed by atoms with E-state index < -0.39 is 29.7 Å². The summed E-state index contributed by atoms with van der Waals surface area (Å²) in [6, 6.07) is 9.57. The molecule has 2 N–H and O–H groups in total. The van der Waals surface area contributed by atoms with Gasteiger partial charge >= 0.3 is 12.2 Å². The lowest BCUT2D eigenvalue weighted by molar-refractivity contribution is -0.138. The Morgan fingerprint density at radius 1 is 1.12 bits per heavy atom. The van der Waals surface area contributed by atoms with Crippen molar-refractivity contribution < 1.29 is 32.2 Å². The number of nitrogens with zero attached hydrogens (tertiary/aromatic N) is 1. The molecule has 1 heterocycles. The molecule has 0 saturated carbocycles. The fraction of sp³-hybridized carbons (Fsp3) is 0.304. The minimum absolute atomic E-state index is 0.0201. The number of alkyl halides is 3. The Bertz CT molecular complexity index is 1070. The number of anilines is 1. The molecule has 7 nitrogen and oxygen atoms in total. The molecule has 0 aliphatic carbocycles. The molecule has 33 heavy (non-hydrogen) atoms. The minimum atomic E-state index is -4.67. The van der Waals surface area contributed by atoms with Crippen LogP contribution in [0.15, 0.2) is 59.8 Å². The molecule has 10 heteroatoms. The normalized spacial score (nSPS) is 16.5. The number of carbonyl (C=O) groups excluding carboxylic acids is 2. The zero-order valence-corrected chi connectivity index (χ0v) is 18.3. The number of amides is 3. The Hall–Kier alpha value is -3.53. The number of halogens is 3. The van der Waals surface area contributed by atoms with Gasteiger partial charge in [-0.05, 0) is 30.7 Å². The molecule has 0 spiro atoms. The number of nitrogens with one attached hydrogen (secondary N) is 2. The van der Waals surface area contributed by atoms with E-state index in [0.717, 1.165) is 6.07 Å². The fourth-order valence-electron chi connectivity index (χ4n) is 3.71. The molecule has 2 aromatic rings. The highest BCUT2D eigenvalue weighted by Crippen LogP contribution is 2.39. The molecule has 1 atom stereocenters. The fourth-order valence-corrected chi connectivity index (χ4v) is 3.71. The molecule has 3 rings (SSSR count). The monoisotopic (exact) mass is 463 g/mol. The summed E-state index contributed by atoms with van der Waals surface area (Å²) in [6.07, 6.45) is -4.67. The molecular weight excluding hydrogens is 439 g/mol. The number of urea groups is 1. The quantitative estimate of drug-likeness (QED) is 0.640. The number of benzene rings is 2. The first kappa shape index (κ1) is 24.1. The van der Waals surface area contributed by atoms with E-state index in [-0.39, 0.29) is 30.0 Å². The third kappa shape index (κ3) is 5.11. The second kappa shape index (κ2) is 9.95. The zero-order chi connectivity index (χ0) is 24.2. The average Bonchev–Trinajstić information content (AvgIpc) is 2.78. The standard InChI is InChI=1S/C23H24F3N3O4/c1-14-19(21(30)27-17-10-6-7-11-18(17)33-3)20(28-22(31)29(14)12-13-32-2)15-8-4-5-9-16(15)23(24,25)26/h4-11,20H,12-13H2,1-3H3,(H,27,30)(H,28,31). The van der Waals surface area contributed by atoms with Crippen LogP contribution in [0.4, 0.5) is 23.7 Å².